The van der Waals surface area contributed by atoms with E-state index in [2.05, 4.69) is 5.10 Å². The normalized spacial score (nSPS) is 15.0. The molecule has 1 aliphatic rings. The van der Waals surface area contributed by atoms with Crippen LogP contribution in [0.2, 0.25) is 0 Å². The lowest BCUT2D eigenvalue weighted by atomic mass is 9.95. The van der Waals surface area contributed by atoms with E-state index in [-0.39, 0.29) is 6.54 Å². The van der Waals surface area contributed by atoms with Crippen LogP contribution in [-0.4, -0.2) is 9.78 Å². The second-order valence-corrected chi connectivity index (χ2v) is 5.22. The lowest BCUT2D eigenvalue weighted by Gasteiger charge is -2.16. The molecule has 6 heteroatoms. The van der Waals surface area contributed by atoms with Crippen molar-refractivity contribution in [2.75, 3.05) is 0 Å². The summed E-state index contributed by atoms with van der Waals surface area (Å²) >= 11 is 0. The molecule has 3 nitrogen and oxygen atoms in total. The SMILES string of the molecule is NCc1ccccc1-n1nc(C(F)(F)F)c2c1CCCC2. The zero-order valence-electron chi connectivity index (χ0n) is 11.5. The molecule has 0 atom stereocenters. The summed E-state index contributed by atoms with van der Waals surface area (Å²) in [6.07, 6.45) is -1.68. The van der Waals surface area contributed by atoms with Gasteiger partial charge < -0.3 is 5.73 Å². The van der Waals surface area contributed by atoms with Crippen molar-refractivity contribution in [1.29, 1.82) is 0 Å². The number of alkyl halides is 3. The van der Waals surface area contributed by atoms with Gasteiger partial charge in [0, 0.05) is 17.8 Å². The van der Waals surface area contributed by atoms with Crippen molar-refractivity contribution >= 4 is 0 Å². The van der Waals surface area contributed by atoms with Crippen molar-refractivity contribution in [3.8, 4) is 5.69 Å². The summed E-state index contributed by atoms with van der Waals surface area (Å²) in [4.78, 5) is 0. The number of rotatable bonds is 2. The maximum Gasteiger partial charge on any atom is 0.435 e. The first-order chi connectivity index (χ1) is 10.0. The molecule has 0 amide bonds. The van der Waals surface area contributed by atoms with Gasteiger partial charge in [0.2, 0.25) is 0 Å². The summed E-state index contributed by atoms with van der Waals surface area (Å²) in [5, 5.41) is 3.88. The van der Waals surface area contributed by atoms with E-state index >= 15 is 0 Å². The number of benzene rings is 1. The Morgan fingerprint density at radius 1 is 1.14 bits per heavy atom. The van der Waals surface area contributed by atoms with Crippen LogP contribution in [0.25, 0.3) is 5.69 Å². The van der Waals surface area contributed by atoms with Gasteiger partial charge in [-0.3, -0.25) is 0 Å². The van der Waals surface area contributed by atoms with Gasteiger partial charge in [-0.05, 0) is 37.3 Å². The zero-order valence-corrected chi connectivity index (χ0v) is 11.5. The Hall–Kier alpha value is -1.82. The molecule has 1 heterocycles. The van der Waals surface area contributed by atoms with E-state index in [1.54, 1.807) is 12.1 Å². The molecule has 0 saturated carbocycles. The van der Waals surface area contributed by atoms with E-state index in [9.17, 15) is 13.2 Å². The average molecular weight is 295 g/mol. The van der Waals surface area contributed by atoms with Crippen molar-refractivity contribution in [2.24, 2.45) is 5.73 Å². The second kappa shape index (κ2) is 5.18. The minimum atomic E-state index is -4.41. The summed E-state index contributed by atoms with van der Waals surface area (Å²) in [7, 11) is 0. The van der Waals surface area contributed by atoms with Gasteiger partial charge in [0.15, 0.2) is 5.69 Å². The number of nitrogens with zero attached hydrogens (tertiary/aromatic N) is 2. The lowest BCUT2D eigenvalue weighted by Crippen LogP contribution is -2.11. The van der Waals surface area contributed by atoms with Gasteiger partial charge in [0.25, 0.3) is 0 Å². The van der Waals surface area contributed by atoms with E-state index in [0.717, 1.165) is 18.4 Å². The number of halogens is 3. The number of para-hydroxylation sites is 1. The average Bonchev–Trinajstić information content (AvgIpc) is 2.87. The van der Waals surface area contributed by atoms with Crippen molar-refractivity contribution < 1.29 is 13.2 Å². The van der Waals surface area contributed by atoms with Crippen LogP contribution in [0.4, 0.5) is 13.2 Å². The Morgan fingerprint density at radius 3 is 2.57 bits per heavy atom. The molecule has 0 fully saturated rings. The predicted molar refractivity (Wildman–Crippen MR) is 73.1 cm³/mol. The minimum absolute atomic E-state index is 0.270. The highest BCUT2D eigenvalue weighted by Gasteiger charge is 2.39. The van der Waals surface area contributed by atoms with Crippen molar-refractivity contribution in [3.05, 3.63) is 46.8 Å². The van der Waals surface area contributed by atoms with Gasteiger partial charge in [-0.25, -0.2) is 4.68 Å². The Kier molecular flexibility index (Phi) is 3.49. The molecular formula is C15H16F3N3. The number of aromatic nitrogens is 2. The van der Waals surface area contributed by atoms with Gasteiger partial charge in [-0.2, -0.15) is 18.3 Å². The van der Waals surface area contributed by atoms with Crippen molar-refractivity contribution in [1.82, 2.24) is 9.78 Å². The van der Waals surface area contributed by atoms with E-state index < -0.39 is 11.9 Å². The van der Waals surface area contributed by atoms with Crippen LogP contribution < -0.4 is 5.73 Å². The molecule has 0 unspecified atom stereocenters. The van der Waals surface area contributed by atoms with Crippen LogP contribution in [0.3, 0.4) is 0 Å². The van der Waals surface area contributed by atoms with Gasteiger partial charge in [0.05, 0.1) is 5.69 Å². The molecule has 21 heavy (non-hydrogen) atoms. The predicted octanol–water partition coefficient (Wildman–Crippen LogP) is 3.23. The number of hydrogen-bond acceptors (Lipinski definition) is 2. The third-order valence-corrected chi connectivity index (χ3v) is 3.89. The Bertz CT molecular complexity index is 659. The van der Waals surface area contributed by atoms with Crippen LogP contribution in [0.5, 0.6) is 0 Å². The monoisotopic (exact) mass is 295 g/mol. The number of nitrogens with two attached hydrogens (primary N) is 1. The van der Waals surface area contributed by atoms with Crippen LogP contribution in [0.1, 0.15) is 35.4 Å². The summed E-state index contributed by atoms with van der Waals surface area (Å²) in [6, 6.07) is 7.20. The Balaban J connectivity index is 2.22. The molecule has 1 aromatic heterocycles. The highest BCUT2D eigenvalue weighted by Crippen LogP contribution is 2.37. The first-order valence-electron chi connectivity index (χ1n) is 6.98. The smallest absolute Gasteiger partial charge is 0.326 e. The summed E-state index contributed by atoms with van der Waals surface area (Å²) in [5.41, 5.74) is 7.41. The third-order valence-electron chi connectivity index (χ3n) is 3.89. The Labute approximate surface area is 120 Å². The first kappa shape index (κ1) is 14.1. The summed E-state index contributed by atoms with van der Waals surface area (Å²) in [6.45, 7) is 0.270. The highest BCUT2D eigenvalue weighted by atomic mass is 19.4. The third kappa shape index (κ3) is 2.44. The zero-order chi connectivity index (χ0) is 15.0. The molecule has 3 rings (SSSR count). The van der Waals surface area contributed by atoms with Crippen LogP contribution >= 0.6 is 0 Å². The molecule has 2 aromatic rings. The molecular weight excluding hydrogens is 279 g/mol. The second-order valence-electron chi connectivity index (χ2n) is 5.22. The molecule has 0 spiro atoms. The molecule has 112 valence electrons. The molecule has 1 aliphatic carbocycles. The summed E-state index contributed by atoms with van der Waals surface area (Å²) in [5.74, 6) is 0. The van der Waals surface area contributed by atoms with E-state index in [4.69, 9.17) is 5.73 Å². The molecule has 2 N–H and O–H groups in total. The van der Waals surface area contributed by atoms with Gasteiger partial charge in [-0.1, -0.05) is 18.2 Å². The number of hydrogen-bond donors (Lipinski definition) is 1. The molecule has 0 bridgehead atoms. The molecule has 0 radical (unpaired) electrons. The Morgan fingerprint density at radius 2 is 1.86 bits per heavy atom. The maximum atomic E-state index is 13.2. The molecule has 0 saturated heterocycles. The van der Waals surface area contributed by atoms with E-state index in [1.165, 1.54) is 4.68 Å². The number of fused-ring (bicyclic) bond motifs is 1. The lowest BCUT2D eigenvalue weighted by molar-refractivity contribution is -0.142. The van der Waals surface area contributed by atoms with Crippen molar-refractivity contribution in [3.63, 3.8) is 0 Å². The first-order valence-corrected chi connectivity index (χ1v) is 6.98. The van der Waals surface area contributed by atoms with Gasteiger partial charge >= 0.3 is 6.18 Å². The molecule has 0 aliphatic heterocycles. The minimum Gasteiger partial charge on any atom is -0.326 e. The summed E-state index contributed by atoms with van der Waals surface area (Å²) < 4.78 is 41.0. The standard InChI is InChI=1S/C15H16F3N3/c16-15(17,18)14-11-6-2-4-8-13(11)21(20-14)12-7-3-1-5-10(12)9-19/h1,3,5,7H,2,4,6,8-9,19H2. The van der Waals surface area contributed by atoms with Gasteiger partial charge in [-0.15, -0.1) is 0 Å². The van der Waals surface area contributed by atoms with Crippen molar-refractivity contribution in [2.45, 2.75) is 38.4 Å². The van der Waals surface area contributed by atoms with Crippen LogP contribution in [-0.2, 0) is 25.6 Å². The van der Waals surface area contributed by atoms with Crippen LogP contribution in [0, 0.1) is 0 Å². The topological polar surface area (TPSA) is 43.8 Å². The van der Waals surface area contributed by atoms with Crippen LogP contribution in [0.15, 0.2) is 24.3 Å². The van der Waals surface area contributed by atoms with E-state index in [0.29, 0.717) is 29.8 Å². The highest BCUT2D eigenvalue weighted by molar-refractivity contribution is 5.45. The maximum absolute atomic E-state index is 13.2. The fourth-order valence-electron chi connectivity index (χ4n) is 2.92. The largest absolute Gasteiger partial charge is 0.435 e. The fourth-order valence-corrected chi connectivity index (χ4v) is 2.92. The molecule has 1 aromatic carbocycles. The van der Waals surface area contributed by atoms with E-state index in [1.807, 2.05) is 12.1 Å². The quantitative estimate of drug-likeness (QED) is 0.924. The van der Waals surface area contributed by atoms with Gasteiger partial charge in [0.1, 0.15) is 0 Å². The fraction of sp³-hybridized carbons (Fsp3) is 0.400.